The highest BCUT2D eigenvalue weighted by atomic mass is 19.4. The Hall–Kier alpha value is -2.57. The van der Waals surface area contributed by atoms with Crippen LogP contribution in [0, 0.1) is 0 Å². The number of carbonyl (C=O) groups is 1. The SMILES string of the molecule is CC1(C)C(=O)N(c2ccc(C(F)(F)F)cn2)c2ccc(N)cc21. The second kappa shape index (κ2) is 4.71. The second-order valence-corrected chi connectivity index (χ2v) is 5.94. The summed E-state index contributed by atoms with van der Waals surface area (Å²) in [6.07, 6.45) is -3.74. The van der Waals surface area contributed by atoms with Crippen molar-refractivity contribution in [1.82, 2.24) is 4.98 Å². The molecule has 0 aliphatic carbocycles. The Bertz CT molecular complexity index is 782. The summed E-state index contributed by atoms with van der Waals surface area (Å²) in [5.74, 6) is -0.107. The van der Waals surface area contributed by atoms with E-state index in [0.717, 1.165) is 17.8 Å². The topological polar surface area (TPSA) is 59.2 Å². The molecule has 120 valence electrons. The van der Waals surface area contributed by atoms with E-state index in [-0.39, 0.29) is 11.7 Å². The van der Waals surface area contributed by atoms with Crippen LogP contribution in [0.15, 0.2) is 36.5 Å². The van der Waals surface area contributed by atoms with Crippen LogP contribution < -0.4 is 10.6 Å². The van der Waals surface area contributed by atoms with Gasteiger partial charge in [0.2, 0.25) is 5.91 Å². The Labute approximate surface area is 130 Å². The van der Waals surface area contributed by atoms with Crippen molar-refractivity contribution in [3.63, 3.8) is 0 Å². The summed E-state index contributed by atoms with van der Waals surface area (Å²) < 4.78 is 37.9. The molecule has 4 nitrogen and oxygen atoms in total. The molecule has 0 saturated heterocycles. The first-order chi connectivity index (χ1) is 10.6. The van der Waals surface area contributed by atoms with E-state index >= 15 is 0 Å². The lowest BCUT2D eigenvalue weighted by Gasteiger charge is -2.20. The monoisotopic (exact) mass is 321 g/mol. The number of nitrogens with zero attached hydrogens (tertiary/aromatic N) is 2. The number of anilines is 3. The van der Waals surface area contributed by atoms with Gasteiger partial charge in [0.25, 0.3) is 0 Å². The lowest BCUT2D eigenvalue weighted by Crippen LogP contribution is -2.33. The van der Waals surface area contributed by atoms with Crippen LogP contribution in [-0.2, 0) is 16.4 Å². The van der Waals surface area contributed by atoms with Crippen LogP contribution in [0.3, 0.4) is 0 Å². The predicted molar refractivity (Wildman–Crippen MR) is 80.3 cm³/mol. The zero-order valence-corrected chi connectivity index (χ0v) is 12.5. The number of amides is 1. The standard InChI is InChI=1S/C16H14F3N3O/c1-15(2)11-7-10(20)4-5-12(11)22(14(15)23)13-6-3-9(8-21-13)16(17,18)19/h3-8H,20H2,1-2H3. The fourth-order valence-corrected chi connectivity index (χ4v) is 2.67. The van der Waals surface area contributed by atoms with Crippen molar-refractivity contribution < 1.29 is 18.0 Å². The Morgan fingerprint density at radius 2 is 1.87 bits per heavy atom. The predicted octanol–water partition coefficient (Wildman–Crippen LogP) is 3.64. The van der Waals surface area contributed by atoms with Gasteiger partial charge in [0.15, 0.2) is 0 Å². The number of nitrogen functional groups attached to an aromatic ring is 1. The number of fused-ring (bicyclic) bond motifs is 1. The highest BCUT2D eigenvalue weighted by Gasteiger charge is 2.45. The first kappa shape index (κ1) is 15.3. The van der Waals surface area contributed by atoms with Crippen molar-refractivity contribution in [3.8, 4) is 0 Å². The molecule has 23 heavy (non-hydrogen) atoms. The molecule has 1 aliphatic heterocycles. The van der Waals surface area contributed by atoms with Crippen LogP contribution >= 0.6 is 0 Å². The summed E-state index contributed by atoms with van der Waals surface area (Å²) in [5, 5.41) is 0. The van der Waals surface area contributed by atoms with E-state index in [1.54, 1.807) is 32.0 Å². The highest BCUT2D eigenvalue weighted by molar-refractivity contribution is 6.12. The quantitative estimate of drug-likeness (QED) is 0.816. The van der Waals surface area contributed by atoms with Gasteiger partial charge in [-0.15, -0.1) is 0 Å². The number of alkyl halides is 3. The van der Waals surface area contributed by atoms with E-state index in [9.17, 15) is 18.0 Å². The molecule has 0 radical (unpaired) electrons. The van der Waals surface area contributed by atoms with Gasteiger partial charge in [-0.2, -0.15) is 13.2 Å². The average Bonchev–Trinajstić information content (AvgIpc) is 2.66. The Balaban J connectivity index is 2.09. The minimum Gasteiger partial charge on any atom is -0.399 e. The van der Waals surface area contributed by atoms with Gasteiger partial charge in [0, 0.05) is 11.9 Å². The van der Waals surface area contributed by atoms with Crippen LogP contribution in [0.1, 0.15) is 25.0 Å². The van der Waals surface area contributed by atoms with Gasteiger partial charge in [0.05, 0.1) is 16.7 Å². The minimum atomic E-state index is -4.47. The number of hydrogen-bond donors (Lipinski definition) is 1. The van der Waals surface area contributed by atoms with E-state index in [2.05, 4.69) is 4.98 Å². The molecule has 2 N–H and O–H groups in total. The number of halogens is 3. The minimum absolute atomic E-state index is 0.152. The molecular formula is C16H14F3N3O. The first-order valence-corrected chi connectivity index (χ1v) is 6.90. The van der Waals surface area contributed by atoms with Crippen LogP contribution in [0.25, 0.3) is 0 Å². The van der Waals surface area contributed by atoms with Crippen LogP contribution in [0.5, 0.6) is 0 Å². The van der Waals surface area contributed by atoms with Crippen LogP contribution in [-0.4, -0.2) is 10.9 Å². The molecule has 1 aromatic heterocycles. The second-order valence-electron chi connectivity index (χ2n) is 5.94. The molecule has 2 aromatic rings. The molecule has 0 atom stereocenters. The lowest BCUT2D eigenvalue weighted by molar-refractivity contribution is -0.137. The molecule has 1 aromatic carbocycles. The van der Waals surface area contributed by atoms with E-state index in [4.69, 9.17) is 5.73 Å². The normalized spacial score (nSPS) is 16.6. The number of benzene rings is 1. The van der Waals surface area contributed by atoms with Crippen molar-refractivity contribution in [2.24, 2.45) is 0 Å². The highest BCUT2D eigenvalue weighted by Crippen LogP contribution is 2.45. The van der Waals surface area contributed by atoms with Crippen molar-refractivity contribution >= 4 is 23.1 Å². The summed E-state index contributed by atoms with van der Waals surface area (Å²) in [6.45, 7) is 3.50. The van der Waals surface area contributed by atoms with Crippen molar-refractivity contribution in [1.29, 1.82) is 0 Å². The maximum atomic E-state index is 12.7. The molecule has 0 saturated carbocycles. The van der Waals surface area contributed by atoms with Crippen LogP contribution in [0.2, 0.25) is 0 Å². The summed E-state index contributed by atoms with van der Waals surface area (Å²) in [6, 6.07) is 7.14. The van der Waals surface area contributed by atoms with Gasteiger partial charge in [-0.05, 0) is 49.7 Å². The molecule has 0 spiro atoms. The van der Waals surface area contributed by atoms with Gasteiger partial charge in [-0.1, -0.05) is 0 Å². The Kier molecular flexibility index (Phi) is 3.14. The summed E-state index contributed by atoms with van der Waals surface area (Å²) in [7, 11) is 0. The number of pyridine rings is 1. The van der Waals surface area contributed by atoms with Crippen molar-refractivity contribution in [2.75, 3.05) is 10.6 Å². The number of hydrogen-bond acceptors (Lipinski definition) is 3. The van der Waals surface area contributed by atoms with Gasteiger partial charge < -0.3 is 5.73 Å². The summed E-state index contributed by atoms with van der Waals surface area (Å²) >= 11 is 0. The smallest absolute Gasteiger partial charge is 0.399 e. The van der Waals surface area contributed by atoms with Crippen molar-refractivity contribution in [2.45, 2.75) is 25.4 Å². The number of nitrogens with two attached hydrogens (primary N) is 1. The molecule has 0 fully saturated rings. The number of carbonyl (C=O) groups excluding carboxylic acids is 1. The third-order valence-electron chi connectivity index (χ3n) is 3.98. The Morgan fingerprint density at radius 3 is 2.43 bits per heavy atom. The van der Waals surface area contributed by atoms with Gasteiger partial charge in [0.1, 0.15) is 5.82 Å². The lowest BCUT2D eigenvalue weighted by atomic mass is 9.86. The van der Waals surface area contributed by atoms with Gasteiger partial charge in [-0.25, -0.2) is 4.98 Å². The van der Waals surface area contributed by atoms with Crippen LogP contribution in [0.4, 0.5) is 30.4 Å². The van der Waals surface area contributed by atoms with E-state index in [1.807, 2.05) is 0 Å². The van der Waals surface area contributed by atoms with E-state index in [1.165, 1.54) is 11.0 Å². The maximum Gasteiger partial charge on any atom is 0.417 e. The molecule has 7 heteroatoms. The maximum absolute atomic E-state index is 12.7. The molecule has 3 rings (SSSR count). The molecule has 0 unspecified atom stereocenters. The van der Waals surface area contributed by atoms with Gasteiger partial charge in [-0.3, -0.25) is 9.69 Å². The zero-order chi connectivity index (χ0) is 17.0. The van der Waals surface area contributed by atoms with Crippen molar-refractivity contribution in [3.05, 3.63) is 47.7 Å². The molecule has 1 amide bonds. The van der Waals surface area contributed by atoms with Gasteiger partial charge >= 0.3 is 6.18 Å². The third kappa shape index (κ3) is 2.32. The zero-order valence-electron chi connectivity index (χ0n) is 12.5. The van der Waals surface area contributed by atoms with E-state index in [0.29, 0.717) is 11.4 Å². The van der Waals surface area contributed by atoms with E-state index < -0.39 is 17.2 Å². The average molecular weight is 321 g/mol. The fraction of sp³-hybridized carbons (Fsp3) is 0.250. The molecule has 2 heterocycles. The first-order valence-electron chi connectivity index (χ1n) is 6.90. The fourth-order valence-electron chi connectivity index (χ4n) is 2.67. The number of aromatic nitrogens is 1. The molecule has 1 aliphatic rings. The summed E-state index contributed by atoms with van der Waals surface area (Å²) in [4.78, 5) is 17.8. The molecular weight excluding hydrogens is 307 g/mol. The summed E-state index contributed by atoms with van der Waals surface area (Å²) in [5.41, 5.74) is 5.93. The third-order valence-corrected chi connectivity index (χ3v) is 3.98. The largest absolute Gasteiger partial charge is 0.417 e. The molecule has 0 bridgehead atoms. The number of rotatable bonds is 1. The Morgan fingerprint density at radius 1 is 1.17 bits per heavy atom.